The van der Waals surface area contributed by atoms with Crippen molar-refractivity contribution in [2.75, 3.05) is 7.05 Å². The lowest BCUT2D eigenvalue weighted by molar-refractivity contribution is -0.306. The molecule has 0 radical (unpaired) electrons. The number of amides is 1. The molecule has 40 heavy (non-hydrogen) atoms. The Morgan fingerprint density at radius 3 is 2.40 bits per heavy atom. The first-order chi connectivity index (χ1) is 18.3. The average Bonchev–Trinajstić information content (AvgIpc) is 3.13. The van der Waals surface area contributed by atoms with Crippen molar-refractivity contribution in [1.29, 1.82) is 5.26 Å². The molecular formula is C21H13ClF9N5O3S. The predicted molar refractivity (Wildman–Crippen MR) is 118 cm³/mol. The number of hydrogen-bond donors (Lipinski definition) is 0. The van der Waals surface area contributed by atoms with Gasteiger partial charge in [-0.2, -0.15) is 40.4 Å². The smallest absolute Gasteiger partial charge is 0.410 e. The van der Waals surface area contributed by atoms with Gasteiger partial charge in [0.2, 0.25) is 0 Å². The Morgan fingerprint density at radius 2 is 1.88 bits per heavy atom. The number of carbonyl (C=O) groups excluding carboxylic acids is 1. The van der Waals surface area contributed by atoms with Crippen LogP contribution in [0.5, 0.6) is 5.88 Å². The van der Waals surface area contributed by atoms with Gasteiger partial charge in [-0.25, -0.2) is 4.39 Å². The molecule has 1 aliphatic carbocycles. The molecule has 1 atom stereocenters. The molecule has 0 spiro atoms. The predicted octanol–water partition coefficient (Wildman–Crippen LogP) is 6.48. The van der Waals surface area contributed by atoms with Crippen LogP contribution in [-0.2, 0) is 13.2 Å². The minimum Gasteiger partial charge on any atom is -0.410 e. The van der Waals surface area contributed by atoms with E-state index in [9.17, 15) is 49.6 Å². The van der Waals surface area contributed by atoms with E-state index in [4.69, 9.17) is 16.1 Å². The molecule has 4 rings (SSSR count). The first kappa shape index (κ1) is 29.5. The Labute approximate surface area is 226 Å². The summed E-state index contributed by atoms with van der Waals surface area (Å²) in [5, 5.41) is 15.8. The molecule has 3 aromatic heterocycles. The summed E-state index contributed by atoms with van der Waals surface area (Å²) in [6.07, 6.45) is -21.5. The third-order valence-electron chi connectivity index (χ3n) is 5.90. The number of aryl methyl sites for hydroxylation is 1. The number of carbonyl (C=O) groups is 1. The van der Waals surface area contributed by atoms with Crippen molar-refractivity contribution in [3.63, 3.8) is 0 Å². The van der Waals surface area contributed by atoms with Crippen molar-refractivity contribution in [3.8, 4) is 34.0 Å². The van der Waals surface area contributed by atoms with Gasteiger partial charge in [0.25, 0.3) is 18.0 Å². The van der Waals surface area contributed by atoms with Gasteiger partial charge in [-0.05, 0) is 18.9 Å². The van der Waals surface area contributed by atoms with Crippen molar-refractivity contribution in [2.45, 2.75) is 43.0 Å². The molecule has 1 aliphatic rings. The molecule has 1 saturated carbocycles. The number of thiophene rings is 1. The van der Waals surface area contributed by atoms with Crippen LogP contribution in [0.15, 0.2) is 16.7 Å². The molecule has 19 heteroatoms. The van der Waals surface area contributed by atoms with Gasteiger partial charge in [0.1, 0.15) is 26.8 Å². The third-order valence-corrected chi connectivity index (χ3v) is 7.28. The van der Waals surface area contributed by atoms with Gasteiger partial charge >= 0.3 is 18.5 Å². The lowest BCUT2D eigenvalue weighted by Crippen LogP contribution is -2.46. The highest BCUT2D eigenvalue weighted by Gasteiger charge is 2.60. The van der Waals surface area contributed by atoms with Gasteiger partial charge in [-0.3, -0.25) is 9.48 Å². The second kappa shape index (κ2) is 9.58. The number of aromatic nitrogens is 3. The van der Waals surface area contributed by atoms with Crippen LogP contribution in [0.25, 0.3) is 22.0 Å². The first-order valence-corrected chi connectivity index (χ1v) is 11.9. The number of rotatable bonds is 7. The zero-order chi connectivity index (χ0) is 30.0. The number of hydrogen-bond acceptors (Lipinski definition) is 7. The first-order valence-electron chi connectivity index (χ1n) is 10.7. The summed E-state index contributed by atoms with van der Waals surface area (Å²) in [4.78, 5) is 14.2. The van der Waals surface area contributed by atoms with Crippen molar-refractivity contribution < 1.29 is 53.6 Å². The van der Waals surface area contributed by atoms with Gasteiger partial charge in [-0.1, -0.05) is 16.8 Å². The highest BCUT2D eigenvalue weighted by molar-refractivity contribution is 7.19. The Bertz CT molecular complexity index is 1500. The van der Waals surface area contributed by atoms with E-state index in [1.54, 1.807) is 0 Å². The highest BCUT2D eigenvalue weighted by Crippen LogP contribution is 2.47. The lowest BCUT2D eigenvalue weighted by atomic mass is 10.1. The monoisotopic (exact) mass is 621 g/mol. The largest absolute Gasteiger partial charge is 0.440 e. The minimum atomic E-state index is -6.15. The maximum atomic E-state index is 13.9. The molecule has 1 unspecified atom stereocenters. The molecule has 3 aromatic rings. The molecule has 0 aromatic carbocycles. The second-order valence-corrected chi connectivity index (χ2v) is 10.3. The summed E-state index contributed by atoms with van der Waals surface area (Å²) < 4.78 is 129. The maximum absolute atomic E-state index is 13.9. The molecule has 1 amide bonds. The standard InChI is InChI=1S/C21H13ClF9N5O3S/c1-35(18(7-32)3-4-18)16(37)8-5-11(40-14(8)22)10-6-9(34-39-10)13-12(19(24,25)26)15(33-36(13)2)38-21(30,31)17(23)20(27,28)29/h5-6,17H,3-4H2,1-2H3. The summed E-state index contributed by atoms with van der Waals surface area (Å²) in [5.41, 5.74) is -4.81. The summed E-state index contributed by atoms with van der Waals surface area (Å²) in [7, 11) is 2.22. The Balaban J connectivity index is 1.70. The van der Waals surface area contributed by atoms with Crippen molar-refractivity contribution in [2.24, 2.45) is 7.05 Å². The SMILES string of the molecule is CN(C(=O)c1cc(-c2cc(-c3c(C(F)(F)F)c(OC(F)(F)C(F)C(F)(F)F)nn3C)no2)sc1Cl)C1(C#N)CC1. The average molecular weight is 622 g/mol. The van der Waals surface area contributed by atoms with E-state index in [0.717, 1.165) is 24.5 Å². The van der Waals surface area contributed by atoms with Crippen molar-refractivity contribution in [3.05, 3.63) is 27.6 Å². The molecule has 0 bridgehead atoms. The van der Waals surface area contributed by atoms with Gasteiger partial charge < -0.3 is 14.2 Å². The lowest BCUT2D eigenvalue weighted by Gasteiger charge is -2.22. The highest BCUT2D eigenvalue weighted by atomic mass is 35.5. The fourth-order valence-electron chi connectivity index (χ4n) is 3.65. The van der Waals surface area contributed by atoms with E-state index >= 15 is 0 Å². The summed E-state index contributed by atoms with van der Waals surface area (Å²) in [6.45, 7) is 0. The molecule has 3 heterocycles. The molecule has 0 aliphatic heterocycles. The Kier molecular flexibility index (Phi) is 7.07. The van der Waals surface area contributed by atoms with E-state index in [1.165, 1.54) is 18.0 Å². The van der Waals surface area contributed by atoms with Crippen LogP contribution in [0.1, 0.15) is 28.8 Å². The van der Waals surface area contributed by atoms with Gasteiger partial charge in [0, 0.05) is 20.2 Å². The Hall–Kier alpha value is -3.46. The van der Waals surface area contributed by atoms with E-state index in [2.05, 4.69) is 15.0 Å². The van der Waals surface area contributed by atoms with Gasteiger partial charge in [0.15, 0.2) is 5.76 Å². The fourth-order valence-corrected chi connectivity index (χ4v) is 4.85. The number of nitrogens with zero attached hydrogens (tertiary/aromatic N) is 5. The van der Waals surface area contributed by atoms with Crippen LogP contribution in [0, 0.1) is 11.3 Å². The number of alkyl halides is 9. The van der Waals surface area contributed by atoms with E-state index < -0.39 is 58.9 Å². The van der Waals surface area contributed by atoms with E-state index in [1.807, 2.05) is 6.07 Å². The second-order valence-electron chi connectivity index (χ2n) is 8.60. The van der Waals surface area contributed by atoms with Crippen LogP contribution in [-0.4, -0.2) is 56.8 Å². The Morgan fingerprint density at radius 1 is 1.25 bits per heavy atom. The van der Waals surface area contributed by atoms with Gasteiger partial charge in [-0.15, -0.1) is 16.4 Å². The quantitative estimate of drug-likeness (QED) is 0.280. The fraction of sp³-hybridized carbons (Fsp3) is 0.429. The summed E-state index contributed by atoms with van der Waals surface area (Å²) in [6, 6.07) is 4.18. The molecular weight excluding hydrogens is 609 g/mol. The van der Waals surface area contributed by atoms with Crippen LogP contribution >= 0.6 is 22.9 Å². The number of nitriles is 1. The van der Waals surface area contributed by atoms with Crippen LogP contribution < -0.4 is 4.74 Å². The minimum absolute atomic E-state index is 0.0384. The molecule has 0 saturated heterocycles. The van der Waals surface area contributed by atoms with Crippen LogP contribution in [0.3, 0.4) is 0 Å². The number of ether oxygens (including phenoxy) is 1. The molecule has 1 fully saturated rings. The van der Waals surface area contributed by atoms with Crippen LogP contribution in [0.4, 0.5) is 39.5 Å². The molecule has 0 N–H and O–H groups in total. The molecule has 8 nitrogen and oxygen atoms in total. The summed E-state index contributed by atoms with van der Waals surface area (Å²) in [5.74, 6) is -2.87. The van der Waals surface area contributed by atoms with E-state index in [0.29, 0.717) is 17.5 Å². The number of halogens is 10. The van der Waals surface area contributed by atoms with Crippen LogP contribution in [0.2, 0.25) is 4.34 Å². The molecule has 216 valence electrons. The zero-order valence-electron chi connectivity index (χ0n) is 19.8. The maximum Gasteiger partial charge on any atom is 0.440 e. The third kappa shape index (κ3) is 5.19. The zero-order valence-corrected chi connectivity index (χ0v) is 21.4. The van der Waals surface area contributed by atoms with Crippen molar-refractivity contribution in [1.82, 2.24) is 19.8 Å². The van der Waals surface area contributed by atoms with E-state index in [-0.39, 0.29) is 20.5 Å². The summed E-state index contributed by atoms with van der Waals surface area (Å²) >= 11 is 6.95. The van der Waals surface area contributed by atoms with Gasteiger partial charge in [0.05, 0.1) is 16.5 Å². The normalized spacial score (nSPS) is 16.0. The van der Waals surface area contributed by atoms with Crippen molar-refractivity contribution >= 4 is 28.8 Å². The topological polar surface area (TPSA) is 97.2 Å².